The fraction of sp³-hybridized carbons (Fsp3) is 0.158. The average Bonchev–Trinajstić information content (AvgIpc) is 3.13. The zero-order valence-electron chi connectivity index (χ0n) is 15.0. The summed E-state index contributed by atoms with van der Waals surface area (Å²) in [6.45, 7) is 0.0467. The zero-order chi connectivity index (χ0) is 19.5. The molecule has 0 aromatic carbocycles. The summed E-state index contributed by atoms with van der Waals surface area (Å²) < 4.78 is 7.94. The topological polar surface area (TPSA) is 97.5 Å². The van der Waals surface area contributed by atoms with Gasteiger partial charge in [-0.2, -0.15) is 0 Å². The third kappa shape index (κ3) is 3.62. The van der Waals surface area contributed by atoms with Crippen LogP contribution >= 0.6 is 22.6 Å². The van der Waals surface area contributed by atoms with Crippen LogP contribution in [0.3, 0.4) is 0 Å². The van der Waals surface area contributed by atoms with Crippen molar-refractivity contribution in [1.82, 2.24) is 24.6 Å². The molecule has 0 spiro atoms. The van der Waals surface area contributed by atoms with Gasteiger partial charge in [-0.05, 0) is 52.8 Å². The van der Waals surface area contributed by atoms with Crippen molar-refractivity contribution in [1.29, 1.82) is 0 Å². The average molecular weight is 488 g/mol. The Bertz CT molecular complexity index is 1130. The van der Waals surface area contributed by atoms with Crippen LogP contribution in [0.15, 0.2) is 48.9 Å². The molecule has 0 saturated heterocycles. The Balaban J connectivity index is 1.88. The number of hydrogen-bond donors (Lipinski definition) is 2. The molecule has 0 unspecified atom stereocenters. The number of halogens is 1. The minimum Gasteiger partial charge on any atom is -0.481 e. The Hall–Kier alpha value is -2.79. The first-order valence-electron chi connectivity index (χ1n) is 8.56. The molecule has 9 heteroatoms. The van der Waals surface area contributed by atoms with Gasteiger partial charge in [-0.1, -0.05) is 6.07 Å². The predicted octanol–water partition coefficient (Wildman–Crippen LogP) is 3.08. The van der Waals surface area contributed by atoms with E-state index in [2.05, 4.69) is 43.0 Å². The molecule has 0 amide bonds. The lowest BCUT2D eigenvalue weighted by Gasteiger charge is -2.12. The number of anilines is 2. The summed E-state index contributed by atoms with van der Waals surface area (Å²) in [5.41, 5.74) is 3.26. The van der Waals surface area contributed by atoms with Gasteiger partial charge in [0.2, 0.25) is 11.7 Å². The van der Waals surface area contributed by atoms with Gasteiger partial charge in [-0.15, -0.1) is 5.10 Å². The molecule has 4 rings (SSSR count). The van der Waals surface area contributed by atoms with Crippen LogP contribution in [-0.4, -0.2) is 43.4 Å². The number of aromatic nitrogens is 5. The Morgan fingerprint density at radius 1 is 1.21 bits per heavy atom. The monoisotopic (exact) mass is 488 g/mol. The Morgan fingerprint density at radius 2 is 2.11 bits per heavy atom. The van der Waals surface area contributed by atoms with Crippen LogP contribution in [0.2, 0.25) is 0 Å². The number of fused-ring (bicyclic) bond motifs is 1. The molecular formula is C19H17IN6O2. The van der Waals surface area contributed by atoms with Crippen molar-refractivity contribution in [2.24, 2.45) is 0 Å². The summed E-state index contributed by atoms with van der Waals surface area (Å²) in [4.78, 5) is 13.3. The number of methoxy groups -OCH3 is 1. The van der Waals surface area contributed by atoms with E-state index in [-0.39, 0.29) is 6.61 Å². The fourth-order valence-electron chi connectivity index (χ4n) is 2.86. The van der Waals surface area contributed by atoms with Gasteiger partial charge in [0.25, 0.3) is 0 Å². The number of aliphatic hydroxyl groups excluding tert-OH is 1. The quantitative estimate of drug-likeness (QED) is 0.403. The fourth-order valence-corrected chi connectivity index (χ4v) is 3.34. The van der Waals surface area contributed by atoms with Crippen molar-refractivity contribution in [3.63, 3.8) is 0 Å². The van der Waals surface area contributed by atoms with E-state index < -0.39 is 0 Å². The maximum absolute atomic E-state index is 9.41. The van der Waals surface area contributed by atoms with Gasteiger partial charge in [-0.3, -0.25) is 4.98 Å². The van der Waals surface area contributed by atoms with E-state index in [0.717, 1.165) is 20.3 Å². The third-order valence-electron chi connectivity index (χ3n) is 4.16. The first-order valence-corrected chi connectivity index (χ1v) is 9.64. The van der Waals surface area contributed by atoms with Gasteiger partial charge in [0, 0.05) is 31.3 Å². The largest absolute Gasteiger partial charge is 0.481 e. The molecule has 0 aliphatic carbocycles. The van der Waals surface area contributed by atoms with Gasteiger partial charge in [0.1, 0.15) is 11.2 Å². The first kappa shape index (κ1) is 18.6. The molecule has 0 bridgehead atoms. The number of rotatable bonds is 6. The lowest BCUT2D eigenvalue weighted by Crippen LogP contribution is -2.06. The summed E-state index contributed by atoms with van der Waals surface area (Å²) in [6, 6.07) is 9.28. The Kier molecular flexibility index (Phi) is 5.35. The molecule has 2 N–H and O–H groups in total. The van der Waals surface area contributed by atoms with Gasteiger partial charge < -0.3 is 15.2 Å². The summed E-state index contributed by atoms with van der Waals surface area (Å²) in [6.07, 6.45) is 5.87. The van der Waals surface area contributed by atoms with E-state index in [1.54, 1.807) is 30.1 Å². The molecule has 4 aromatic rings. The highest BCUT2D eigenvalue weighted by atomic mass is 127. The second-order valence-electron chi connectivity index (χ2n) is 5.94. The number of ether oxygens (including phenoxy) is 1. The van der Waals surface area contributed by atoms with Crippen LogP contribution < -0.4 is 10.1 Å². The molecule has 0 atom stereocenters. The number of nitrogens with one attached hydrogen (secondary N) is 1. The van der Waals surface area contributed by atoms with Crippen molar-refractivity contribution >= 4 is 39.6 Å². The third-order valence-corrected chi connectivity index (χ3v) is 5.02. The minimum absolute atomic E-state index is 0.0467. The molecule has 142 valence electrons. The minimum atomic E-state index is 0.0467. The standard InChI is InChI=1S/C19H17IN6O2/c1-28-16-4-2-3-15(22-16)18-24-19(23-14-5-8-21-11-13(14)20)17-12(7-10-27)6-9-26(17)25-18/h2-6,8-9,11,27H,7,10H2,1H3,(H,21,23,24,25). The van der Waals surface area contributed by atoms with E-state index in [9.17, 15) is 5.11 Å². The summed E-state index contributed by atoms with van der Waals surface area (Å²) >= 11 is 2.22. The lowest BCUT2D eigenvalue weighted by atomic mass is 10.2. The van der Waals surface area contributed by atoms with Crippen LogP contribution in [0.4, 0.5) is 11.5 Å². The van der Waals surface area contributed by atoms with Crippen molar-refractivity contribution in [2.45, 2.75) is 6.42 Å². The van der Waals surface area contributed by atoms with Crippen LogP contribution in [0.1, 0.15) is 5.56 Å². The molecule has 0 saturated carbocycles. The maximum Gasteiger partial charge on any atom is 0.213 e. The molecule has 28 heavy (non-hydrogen) atoms. The SMILES string of the molecule is COc1cccc(-c2nc(Nc3ccncc3I)c3c(CCO)ccn3n2)n1. The van der Waals surface area contributed by atoms with Gasteiger partial charge in [0.05, 0.1) is 16.4 Å². The normalized spacial score (nSPS) is 11.0. The van der Waals surface area contributed by atoms with Crippen LogP contribution in [-0.2, 0) is 6.42 Å². The molecule has 0 radical (unpaired) electrons. The van der Waals surface area contributed by atoms with Crippen molar-refractivity contribution in [3.05, 3.63) is 58.1 Å². The summed E-state index contributed by atoms with van der Waals surface area (Å²) in [5.74, 6) is 1.59. The molecule has 8 nitrogen and oxygen atoms in total. The summed E-state index contributed by atoms with van der Waals surface area (Å²) in [7, 11) is 1.57. The smallest absolute Gasteiger partial charge is 0.213 e. The van der Waals surface area contributed by atoms with E-state index in [1.807, 2.05) is 30.5 Å². The highest BCUT2D eigenvalue weighted by Gasteiger charge is 2.16. The van der Waals surface area contributed by atoms with E-state index in [0.29, 0.717) is 29.6 Å². The zero-order valence-corrected chi connectivity index (χ0v) is 17.2. The number of pyridine rings is 2. The van der Waals surface area contributed by atoms with E-state index in [1.165, 1.54) is 0 Å². The summed E-state index contributed by atoms with van der Waals surface area (Å²) in [5, 5.41) is 17.4. The lowest BCUT2D eigenvalue weighted by molar-refractivity contribution is 0.300. The predicted molar refractivity (Wildman–Crippen MR) is 114 cm³/mol. The Labute approximate surface area is 174 Å². The van der Waals surface area contributed by atoms with Crippen LogP contribution in [0.5, 0.6) is 5.88 Å². The molecular weight excluding hydrogens is 471 g/mol. The van der Waals surface area contributed by atoms with Gasteiger partial charge in [-0.25, -0.2) is 14.5 Å². The van der Waals surface area contributed by atoms with E-state index >= 15 is 0 Å². The number of nitrogens with zero attached hydrogens (tertiary/aromatic N) is 5. The van der Waals surface area contributed by atoms with Gasteiger partial charge >= 0.3 is 0 Å². The second kappa shape index (κ2) is 8.07. The van der Waals surface area contributed by atoms with Crippen molar-refractivity contribution in [3.8, 4) is 17.4 Å². The molecule has 0 aliphatic heterocycles. The molecule has 4 heterocycles. The second-order valence-corrected chi connectivity index (χ2v) is 7.10. The van der Waals surface area contributed by atoms with E-state index in [4.69, 9.17) is 9.72 Å². The van der Waals surface area contributed by atoms with Crippen molar-refractivity contribution in [2.75, 3.05) is 19.0 Å². The van der Waals surface area contributed by atoms with Crippen molar-refractivity contribution < 1.29 is 9.84 Å². The molecule has 4 aromatic heterocycles. The highest BCUT2D eigenvalue weighted by Crippen LogP contribution is 2.28. The number of aliphatic hydroxyl groups is 1. The molecule has 0 aliphatic rings. The Morgan fingerprint density at radius 3 is 2.89 bits per heavy atom. The molecule has 0 fully saturated rings. The highest BCUT2D eigenvalue weighted by molar-refractivity contribution is 14.1. The van der Waals surface area contributed by atoms with Crippen LogP contribution in [0.25, 0.3) is 17.0 Å². The maximum atomic E-state index is 9.41. The first-order chi connectivity index (χ1) is 13.7. The number of hydrogen-bond acceptors (Lipinski definition) is 7. The van der Waals surface area contributed by atoms with Crippen LogP contribution in [0, 0.1) is 3.57 Å². The van der Waals surface area contributed by atoms with Gasteiger partial charge in [0.15, 0.2) is 5.82 Å².